The summed E-state index contributed by atoms with van der Waals surface area (Å²) in [4.78, 5) is 22.0. The first-order valence-electron chi connectivity index (χ1n) is 9.64. The zero-order chi connectivity index (χ0) is 20.9. The zero-order valence-electron chi connectivity index (χ0n) is 16.2. The molecule has 0 aliphatic heterocycles. The number of carbonyl (C=O) groups is 2. The zero-order valence-corrected chi connectivity index (χ0v) is 17.8. The van der Waals surface area contributed by atoms with Gasteiger partial charge in [-0.25, -0.2) is 0 Å². The van der Waals surface area contributed by atoms with Crippen LogP contribution < -0.4 is 9.47 Å². The van der Waals surface area contributed by atoms with Crippen LogP contribution in [-0.4, -0.2) is 22.7 Å². The second-order valence-electron chi connectivity index (χ2n) is 6.53. The van der Waals surface area contributed by atoms with Gasteiger partial charge in [-0.3, -0.25) is 9.59 Å². The third-order valence-corrected chi connectivity index (χ3v) is 4.88. The number of para-hydroxylation sites is 2. The molecule has 0 aliphatic rings. The lowest BCUT2D eigenvalue weighted by Gasteiger charge is -2.09. The number of benzene rings is 2. The minimum atomic E-state index is 0.503. The first-order valence-corrected chi connectivity index (χ1v) is 10.5. The normalized spacial score (nSPS) is 10.2. The predicted octanol–water partition coefficient (Wildman–Crippen LogP) is 6.15. The van der Waals surface area contributed by atoms with E-state index >= 15 is 0 Å². The van der Waals surface area contributed by atoms with E-state index in [9.17, 15) is 9.59 Å². The molecule has 0 radical (unpaired) electrons. The quantitative estimate of drug-likeness (QED) is 0.229. The van der Waals surface area contributed by atoms with E-state index in [4.69, 9.17) is 33.9 Å². The number of carbonyl (C=O) groups excluding carboxylic acids is 2. The van der Waals surface area contributed by atoms with Crippen molar-refractivity contribution in [3.63, 3.8) is 0 Å². The molecule has 0 saturated carbocycles. The first-order chi connectivity index (χ1) is 14.1. The molecule has 0 spiro atoms. The molecule has 0 saturated heterocycles. The van der Waals surface area contributed by atoms with Gasteiger partial charge in [0.05, 0.1) is 11.1 Å². The minimum Gasteiger partial charge on any atom is -0.450 e. The Morgan fingerprint density at radius 3 is 1.45 bits per heavy atom. The lowest BCUT2D eigenvalue weighted by atomic mass is 10.1. The van der Waals surface area contributed by atoms with E-state index in [0.717, 1.165) is 44.7 Å². The van der Waals surface area contributed by atoms with Crippen LogP contribution in [0.1, 0.15) is 65.7 Å². The molecule has 0 fully saturated rings. The van der Waals surface area contributed by atoms with Gasteiger partial charge in [0.15, 0.2) is 22.7 Å². The summed E-state index contributed by atoms with van der Waals surface area (Å²) in [5, 5.41) is 1.01. The molecule has 2 aromatic carbocycles. The summed E-state index contributed by atoms with van der Waals surface area (Å²) in [5.41, 5.74) is 1.01. The fourth-order valence-electron chi connectivity index (χ4n) is 2.76. The van der Waals surface area contributed by atoms with E-state index in [-0.39, 0.29) is 0 Å². The third-order valence-electron chi connectivity index (χ3n) is 4.30. The van der Waals surface area contributed by atoms with E-state index in [1.807, 2.05) is 12.1 Å². The van der Waals surface area contributed by atoms with Gasteiger partial charge in [-0.05, 0) is 61.5 Å². The van der Waals surface area contributed by atoms with E-state index < -0.39 is 0 Å². The van der Waals surface area contributed by atoms with E-state index in [1.54, 1.807) is 36.4 Å². The van der Waals surface area contributed by atoms with Crippen molar-refractivity contribution in [3.05, 3.63) is 59.7 Å². The third kappa shape index (κ3) is 8.21. The monoisotopic (exact) mass is 428 g/mol. The molecule has 0 amide bonds. The Morgan fingerprint density at radius 1 is 0.655 bits per heavy atom. The van der Waals surface area contributed by atoms with Crippen molar-refractivity contribution in [3.8, 4) is 11.5 Å². The van der Waals surface area contributed by atoms with Crippen LogP contribution in [0.15, 0.2) is 48.5 Å². The topological polar surface area (TPSA) is 52.6 Å². The Morgan fingerprint density at radius 2 is 1.03 bits per heavy atom. The Labute approximate surface area is 182 Å². The number of aldehydes is 2. The summed E-state index contributed by atoms with van der Waals surface area (Å²) in [6.45, 7) is 0. The maximum absolute atomic E-state index is 11.0. The van der Waals surface area contributed by atoms with Gasteiger partial charge in [0.2, 0.25) is 0 Å². The Hall–Kier alpha value is -2.44. The maximum Gasteiger partial charge on any atom is 0.167 e. The molecular weight excluding hydrogens is 404 g/mol. The van der Waals surface area contributed by atoms with Crippen molar-refractivity contribution in [2.45, 2.75) is 44.9 Å². The highest BCUT2D eigenvalue weighted by molar-refractivity contribution is 7.80. The van der Waals surface area contributed by atoms with E-state index in [1.165, 1.54) is 0 Å². The molecule has 0 atom stereocenters. The molecule has 0 N–H and O–H groups in total. The van der Waals surface area contributed by atoms with Crippen molar-refractivity contribution < 1.29 is 19.1 Å². The molecule has 2 aromatic rings. The van der Waals surface area contributed by atoms with Gasteiger partial charge >= 0.3 is 0 Å². The number of thiocarbonyl (C=S) groups is 2. The average Bonchev–Trinajstić information content (AvgIpc) is 2.73. The van der Waals surface area contributed by atoms with E-state index in [2.05, 4.69) is 0 Å². The minimum absolute atomic E-state index is 0.503. The maximum atomic E-state index is 11.0. The van der Waals surface area contributed by atoms with Crippen molar-refractivity contribution in [1.29, 1.82) is 0 Å². The highest BCUT2D eigenvalue weighted by atomic mass is 32.1. The van der Waals surface area contributed by atoms with Gasteiger partial charge in [0.1, 0.15) is 11.5 Å². The summed E-state index contributed by atoms with van der Waals surface area (Å²) in [6, 6.07) is 14.1. The largest absolute Gasteiger partial charge is 0.450 e. The van der Waals surface area contributed by atoms with Gasteiger partial charge in [0.25, 0.3) is 0 Å². The van der Waals surface area contributed by atoms with E-state index in [0.29, 0.717) is 45.6 Å². The predicted molar refractivity (Wildman–Crippen MR) is 122 cm³/mol. The Bertz CT molecular complexity index is 779. The molecule has 0 aliphatic carbocycles. The van der Waals surface area contributed by atoms with Crippen LogP contribution in [-0.2, 0) is 0 Å². The molecule has 4 nitrogen and oxygen atoms in total. The van der Waals surface area contributed by atoms with Gasteiger partial charge in [-0.15, -0.1) is 0 Å². The van der Waals surface area contributed by atoms with Crippen LogP contribution in [0.5, 0.6) is 11.5 Å². The number of hydrogen-bond donors (Lipinski definition) is 0. The fraction of sp³-hybridized carbons (Fsp3) is 0.304. The van der Waals surface area contributed by atoms with Gasteiger partial charge < -0.3 is 9.47 Å². The van der Waals surface area contributed by atoms with Crippen molar-refractivity contribution in [2.24, 2.45) is 0 Å². The molecule has 29 heavy (non-hydrogen) atoms. The summed E-state index contributed by atoms with van der Waals surface area (Å²) in [5.74, 6) is 1.02. The van der Waals surface area contributed by atoms with Crippen LogP contribution >= 0.6 is 24.4 Å². The lowest BCUT2D eigenvalue weighted by molar-refractivity contribution is 0.111. The van der Waals surface area contributed by atoms with Gasteiger partial charge in [-0.2, -0.15) is 0 Å². The molecule has 0 bridgehead atoms. The standard InChI is InChI=1S/C23H24O4S2/c24-16-18-10-6-8-12-20(18)26-22(28)14-4-2-1-3-5-15-23(29)27-21-13-9-7-11-19(21)17-25/h6-13,16-17H,1-5,14-15H2. The highest BCUT2D eigenvalue weighted by Gasteiger charge is 2.07. The second kappa shape index (κ2) is 12.9. The van der Waals surface area contributed by atoms with Crippen molar-refractivity contribution >= 4 is 47.1 Å². The van der Waals surface area contributed by atoms with Crippen LogP contribution in [0.25, 0.3) is 0 Å². The van der Waals surface area contributed by atoms with Crippen LogP contribution in [0.3, 0.4) is 0 Å². The molecule has 152 valence electrons. The SMILES string of the molecule is O=Cc1ccccc1OC(=S)CCCCCCCC(=S)Oc1ccccc1C=O. The molecule has 0 unspecified atom stereocenters. The summed E-state index contributed by atoms with van der Waals surface area (Å²) < 4.78 is 11.2. The molecule has 0 heterocycles. The number of rotatable bonds is 12. The molecule has 2 rings (SSSR count). The summed E-state index contributed by atoms with van der Waals surface area (Å²) in [6.07, 6.45) is 7.94. The summed E-state index contributed by atoms with van der Waals surface area (Å²) >= 11 is 10.5. The smallest absolute Gasteiger partial charge is 0.167 e. The summed E-state index contributed by atoms with van der Waals surface area (Å²) in [7, 11) is 0. The van der Waals surface area contributed by atoms with Crippen LogP contribution in [0.4, 0.5) is 0 Å². The molecular formula is C23H24O4S2. The molecule has 0 aromatic heterocycles. The average molecular weight is 429 g/mol. The van der Waals surface area contributed by atoms with Gasteiger partial charge in [0, 0.05) is 12.8 Å². The van der Waals surface area contributed by atoms with Crippen LogP contribution in [0.2, 0.25) is 0 Å². The number of hydrogen-bond acceptors (Lipinski definition) is 6. The Balaban J connectivity index is 1.56. The lowest BCUT2D eigenvalue weighted by Crippen LogP contribution is -2.07. The fourth-order valence-corrected chi connectivity index (χ4v) is 3.23. The van der Waals surface area contributed by atoms with Crippen molar-refractivity contribution in [1.82, 2.24) is 0 Å². The number of unbranched alkanes of at least 4 members (excludes halogenated alkanes) is 4. The molecule has 6 heteroatoms. The second-order valence-corrected chi connectivity index (χ2v) is 7.44. The van der Waals surface area contributed by atoms with Crippen LogP contribution in [0, 0.1) is 0 Å². The highest BCUT2D eigenvalue weighted by Crippen LogP contribution is 2.19. The van der Waals surface area contributed by atoms with Gasteiger partial charge in [-0.1, -0.05) is 43.5 Å². The number of ether oxygens (including phenoxy) is 2. The first kappa shape index (κ1) is 22.8. The Kier molecular flexibility index (Phi) is 10.2. The van der Waals surface area contributed by atoms with Crippen molar-refractivity contribution in [2.75, 3.05) is 0 Å².